The van der Waals surface area contributed by atoms with E-state index in [4.69, 9.17) is 5.11 Å². The average Bonchev–Trinajstić information content (AvgIpc) is 2.83. The van der Waals surface area contributed by atoms with Crippen molar-refractivity contribution in [1.82, 2.24) is 4.98 Å². The summed E-state index contributed by atoms with van der Waals surface area (Å²) in [6.07, 6.45) is 1.42. The maximum atomic E-state index is 11.2. The van der Waals surface area contributed by atoms with Crippen molar-refractivity contribution >= 4 is 32.9 Å². The zero-order valence-electron chi connectivity index (χ0n) is 10.5. The molecule has 6 nitrogen and oxygen atoms in total. The number of hydrogen-bond donors (Lipinski definition) is 2. The maximum Gasteiger partial charge on any atom is 0.319 e. The van der Waals surface area contributed by atoms with Gasteiger partial charge in [0.1, 0.15) is 5.69 Å². The van der Waals surface area contributed by atoms with E-state index in [1.165, 1.54) is 11.3 Å². The quantitative estimate of drug-likeness (QED) is 0.628. The van der Waals surface area contributed by atoms with Crippen molar-refractivity contribution in [3.8, 4) is 0 Å². The number of benzene rings is 1. The van der Waals surface area contributed by atoms with E-state index >= 15 is 0 Å². The Hall–Kier alpha value is -1.73. The molecule has 2 N–H and O–H groups in total. The SMILES string of the molecule is CC(CCCO)Nc1ccc2scnc2c1[N+](=O)[O-]. The van der Waals surface area contributed by atoms with Gasteiger partial charge in [-0.15, -0.1) is 11.3 Å². The Labute approximate surface area is 114 Å². The molecular weight excluding hydrogens is 266 g/mol. The van der Waals surface area contributed by atoms with Crippen LogP contribution in [0.25, 0.3) is 10.2 Å². The summed E-state index contributed by atoms with van der Waals surface area (Å²) in [5, 5.41) is 23.1. The average molecular weight is 281 g/mol. The van der Waals surface area contributed by atoms with Gasteiger partial charge in [-0.1, -0.05) is 0 Å². The number of fused-ring (bicyclic) bond motifs is 1. The number of aliphatic hydroxyl groups is 1. The molecule has 0 amide bonds. The summed E-state index contributed by atoms with van der Waals surface area (Å²) in [7, 11) is 0. The van der Waals surface area contributed by atoms with Crippen molar-refractivity contribution in [3.63, 3.8) is 0 Å². The van der Waals surface area contributed by atoms with Crippen molar-refractivity contribution in [2.75, 3.05) is 11.9 Å². The third kappa shape index (κ3) is 2.99. The highest BCUT2D eigenvalue weighted by Crippen LogP contribution is 2.34. The lowest BCUT2D eigenvalue weighted by Crippen LogP contribution is -2.16. The zero-order valence-corrected chi connectivity index (χ0v) is 11.3. The Kier molecular flexibility index (Phi) is 4.28. The predicted molar refractivity (Wildman–Crippen MR) is 75.7 cm³/mol. The molecule has 0 radical (unpaired) electrons. The van der Waals surface area contributed by atoms with Crippen LogP contribution < -0.4 is 5.32 Å². The summed E-state index contributed by atoms with van der Waals surface area (Å²) in [6.45, 7) is 2.06. The molecule has 0 aliphatic heterocycles. The molecule has 7 heteroatoms. The fourth-order valence-corrected chi connectivity index (χ4v) is 2.63. The summed E-state index contributed by atoms with van der Waals surface area (Å²) in [5.74, 6) is 0. The molecule has 1 aromatic carbocycles. The molecule has 2 rings (SSSR count). The number of anilines is 1. The van der Waals surface area contributed by atoms with Gasteiger partial charge in [-0.2, -0.15) is 0 Å². The number of nitrogens with zero attached hydrogens (tertiary/aromatic N) is 2. The Morgan fingerprint density at radius 3 is 3.05 bits per heavy atom. The molecule has 102 valence electrons. The van der Waals surface area contributed by atoms with Crippen LogP contribution in [0.2, 0.25) is 0 Å². The molecule has 0 bridgehead atoms. The number of rotatable bonds is 6. The van der Waals surface area contributed by atoms with Crippen LogP contribution in [-0.2, 0) is 0 Å². The number of thiazole rings is 1. The maximum absolute atomic E-state index is 11.2. The Morgan fingerprint density at radius 1 is 1.58 bits per heavy atom. The van der Waals surface area contributed by atoms with Gasteiger partial charge in [0.25, 0.3) is 0 Å². The van der Waals surface area contributed by atoms with Crippen LogP contribution in [0.4, 0.5) is 11.4 Å². The van der Waals surface area contributed by atoms with Crippen molar-refractivity contribution < 1.29 is 10.0 Å². The van der Waals surface area contributed by atoms with Gasteiger partial charge in [-0.3, -0.25) is 10.1 Å². The van der Waals surface area contributed by atoms with Crippen LogP contribution >= 0.6 is 11.3 Å². The van der Waals surface area contributed by atoms with E-state index < -0.39 is 4.92 Å². The minimum atomic E-state index is -0.400. The van der Waals surface area contributed by atoms with Gasteiger partial charge in [0, 0.05) is 12.6 Å². The highest BCUT2D eigenvalue weighted by Gasteiger charge is 2.21. The van der Waals surface area contributed by atoms with Gasteiger partial charge in [0.2, 0.25) is 0 Å². The third-order valence-electron chi connectivity index (χ3n) is 2.86. The number of nitrogens with one attached hydrogen (secondary N) is 1. The van der Waals surface area contributed by atoms with Crippen LogP contribution in [0.15, 0.2) is 17.6 Å². The molecule has 0 aliphatic rings. The van der Waals surface area contributed by atoms with Gasteiger partial charge < -0.3 is 10.4 Å². The molecule has 2 aromatic rings. The van der Waals surface area contributed by atoms with Gasteiger partial charge in [-0.05, 0) is 31.9 Å². The van der Waals surface area contributed by atoms with Crippen molar-refractivity contribution in [1.29, 1.82) is 0 Å². The Morgan fingerprint density at radius 2 is 2.37 bits per heavy atom. The van der Waals surface area contributed by atoms with Gasteiger partial charge in [0.15, 0.2) is 5.52 Å². The van der Waals surface area contributed by atoms with Crippen LogP contribution in [0, 0.1) is 10.1 Å². The predicted octanol–water partition coefficient (Wildman–Crippen LogP) is 2.78. The first-order valence-electron chi connectivity index (χ1n) is 6.01. The molecule has 0 aliphatic carbocycles. The van der Waals surface area contributed by atoms with Crippen LogP contribution in [0.1, 0.15) is 19.8 Å². The van der Waals surface area contributed by atoms with Gasteiger partial charge in [-0.25, -0.2) is 4.98 Å². The van der Waals surface area contributed by atoms with E-state index in [0.29, 0.717) is 17.6 Å². The first kappa shape index (κ1) is 13.7. The molecule has 0 spiro atoms. The van der Waals surface area contributed by atoms with Crippen molar-refractivity contribution in [2.45, 2.75) is 25.8 Å². The van der Waals surface area contributed by atoms with E-state index in [-0.39, 0.29) is 18.3 Å². The topological polar surface area (TPSA) is 88.3 Å². The number of aliphatic hydroxyl groups excluding tert-OH is 1. The van der Waals surface area contributed by atoms with Crippen LogP contribution in [0.5, 0.6) is 0 Å². The summed E-state index contributed by atoms with van der Waals surface area (Å²) in [6, 6.07) is 3.61. The zero-order chi connectivity index (χ0) is 13.8. The first-order valence-corrected chi connectivity index (χ1v) is 6.89. The summed E-state index contributed by atoms with van der Waals surface area (Å²) in [5.41, 5.74) is 2.54. The van der Waals surface area contributed by atoms with Crippen LogP contribution in [-0.4, -0.2) is 27.7 Å². The normalized spacial score (nSPS) is 12.5. The molecule has 1 unspecified atom stereocenters. The van der Waals surface area contributed by atoms with E-state index in [0.717, 1.165) is 11.1 Å². The second kappa shape index (κ2) is 5.94. The number of nitro groups is 1. The molecule has 1 aromatic heterocycles. The lowest BCUT2D eigenvalue weighted by atomic mass is 10.1. The molecule has 0 saturated heterocycles. The summed E-state index contributed by atoms with van der Waals surface area (Å²) < 4.78 is 0.806. The number of aromatic nitrogens is 1. The fraction of sp³-hybridized carbons (Fsp3) is 0.417. The molecule has 1 heterocycles. The number of nitro benzene ring substituents is 1. The monoisotopic (exact) mass is 281 g/mol. The second-order valence-electron chi connectivity index (χ2n) is 4.33. The van der Waals surface area contributed by atoms with E-state index in [1.54, 1.807) is 11.6 Å². The standard InChI is InChI=1S/C12H15N3O3S/c1-8(3-2-6-16)14-9-4-5-10-11(13-7-19-10)12(9)15(17)18/h4-5,7-8,14,16H,2-3,6H2,1H3. The molecule has 1 atom stereocenters. The molecule has 19 heavy (non-hydrogen) atoms. The summed E-state index contributed by atoms with van der Waals surface area (Å²) >= 11 is 1.38. The van der Waals surface area contributed by atoms with E-state index in [9.17, 15) is 10.1 Å². The fourth-order valence-electron chi connectivity index (χ4n) is 1.95. The summed E-state index contributed by atoms with van der Waals surface area (Å²) in [4.78, 5) is 14.9. The lowest BCUT2D eigenvalue weighted by molar-refractivity contribution is -0.382. The van der Waals surface area contributed by atoms with E-state index in [1.807, 2.05) is 13.0 Å². The Balaban J connectivity index is 2.31. The smallest absolute Gasteiger partial charge is 0.319 e. The minimum Gasteiger partial charge on any atom is -0.396 e. The highest BCUT2D eigenvalue weighted by atomic mass is 32.1. The highest BCUT2D eigenvalue weighted by molar-refractivity contribution is 7.16. The van der Waals surface area contributed by atoms with Gasteiger partial charge in [0.05, 0.1) is 15.1 Å². The third-order valence-corrected chi connectivity index (χ3v) is 3.65. The molecular formula is C12H15N3O3S. The number of hydrogen-bond acceptors (Lipinski definition) is 6. The van der Waals surface area contributed by atoms with Crippen molar-refractivity contribution in [2.24, 2.45) is 0 Å². The Bertz CT molecular complexity index is 585. The molecule has 0 saturated carbocycles. The second-order valence-corrected chi connectivity index (χ2v) is 5.22. The largest absolute Gasteiger partial charge is 0.396 e. The van der Waals surface area contributed by atoms with Gasteiger partial charge >= 0.3 is 5.69 Å². The molecule has 0 fully saturated rings. The lowest BCUT2D eigenvalue weighted by Gasteiger charge is -2.14. The van der Waals surface area contributed by atoms with Crippen molar-refractivity contribution in [3.05, 3.63) is 27.8 Å². The van der Waals surface area contributed by atoms with E-state index in [2.05, 4.69) is 10.3 Å². The first-order chi connectivity index (χ1) is 9.13. The van der Waals surface area contributed by atoms with Crippen LogP contribution in [0.3, 0.4) is 0 Å². The minimum absolute atomic E-state index is 0.0228.